The number of likely N-dealkylation sites (tertiary alicyclic amines) is 1. The predicted octanol–water partition coefficient (Wildman–Crippen LogP) is 3.51. The highest BCUT2D eigenvalue weighted by atomic mass is 16.5. The highest BCUT2D eigenvalue weighted by molar-refractivity contribution is 5.42. The number of aryl methyl sites for hydroxylation is 2. The number of β-amino-alcohol motifs (C(OH)–C–C–N with tert-alkyl or cyclic N) is 1. The highest BCUT2D eigenvalue weighted by Gasteiger charge is 2.43. The zero-order valence-electron chi connectivity index (χ0n) is 16.6. The Kier molecular flexibility index (Phi) is 6.26. The first-order valence-electron chi connectivity index (χ1n) is 10.2. The van der Waals surface area contributed by atoms with Crippen molar-refractivity contribution in [2.24, 2.45) is 0 Å². The van der Waals surface area contributed by atoms with Crippen LogP contribution in [0.15, 0.2) is 12.1 Å². The summed E-state index contributed by atoms with van der Waals surface area (Å²) in [6.45, 7) is 7.69. The van der Waals surface area contributed by atoms with Crippen molar-refractivity contribution in [3.8, 4) is 5.75 Å². The van der Waals surface area contributed by atoms with Crippen LogP contribution in [0.5, 0.6) is 5.75 Å². The molecule has 0 aromatic heterocycles. The van der Waals surface area contributed by atoms with E-state index in [9.17, 15) is 10.2 Å². The Hall–Kier alpha value is -1.10. The summed E-state index contributed by atoms with van der Waals surface area (Å²) in [5.41, 5.74) is 2.25. The van der Waals surface area contributed by atoms with E-state index in [0.717, 1.165) is 23.4 Å². The topological polar surface area (TPSA) is 52.9 Å². The third kappa shape index (κ3) is 4.41. The molecule has 1 aromatic carbocycles. The van der Waals surface area contributed by atoms with Gasteiger partial charge < -0.3 is 14.9 Å². The van der Waals surface area contributed by atoms with Crippen LogP contribution in [0, 0.1) is 20.8 Å². The summed E-state index contributed by atoms with van der Waals surface area (Å²) in [6.07, 6.45) is 7.52. The van der Waals surface area contributed by atoms with Gasteiger partial charge >= 0.3 is 0 Å². The van der Waals surface area contributed by atoms with Gasteiger partial charge in [0.05, 0.1) is 6.10 Å². The fourth-order valence-electron chi connectivity index (χ4n) is 4.52. The van der Waals surface area contributed by atoms with Crippen molar-refractivity contribution in [1.29, 1.82) is 0 Å². The number of hydrogen-bond acceptors (Lipinski definition) is 4. The van der Waals surface area contributed by atoms with Crippen LogP contribution < -0.4 is 4.74 Å². The van der Waals surface area contributed by atoms with Crippen molar-refractivity contribution in [2.75, 3.05) is 19.7 Å². The monoisotopic (exact) mass is 361 g/mol. The number of ether oxygens (including phenoxy) is 1. The molecule has 1 aliphatic heterocycles. The molecule has 2 atom stereocenters. The molecule has 4 nitrogen and oxygen atoms in total. The van der Waals surface area contributed by atoms with Crippen molar-refractivity contribution in [1.82, 2.24) is 4.90 Å². The fraction of sp³-hybridized carbons (Fsp3) is 0.727. The minimum absolute atomic E-state index is 0.140. The molecule has 0 spiro atoms. The van der Waals surface area contributed by atoms with Crippen LogP contribution in [0.2, 0.25) is 0 Å². The maximum absolute atomic E-state index is 11.2. The van der Waals surface area contributed by atoms with Gasteiger partial charge in [0.15, 0.2) is 0 Å². The van der Waals surface area contributed by atoms with Gasteiger partial charge in [-0.25, -0.2) is 0 Å². The summed E-state index contributed by atoms with van der Waals surface area (Å²) >= 11 is 0. The normalized spacial score (nSPS) is 28.7. The van der Waals surface area contributed by atoms with Crippen LogP contribution in [0.25, 0.3) is 0 Å². The minimum Gasteiger partial charge on any atom is -0.490 e. The van der Waals surface area contributed by atoms with E-state index in [1.54, 1.807) is 0 Å². The molecule has 2 aliphatic rings. The zero-order chi connectivity index (χ0) is 18.7. The molecule has 0 unspecified atom stereocenters. The molecule has 3 rings (SSSR count). The second-order valence-electron chi connectivity index (χ2n) is 8.52. The van der Waals surface area contributed by atoms with E-state index >= 15 is 0 Å². The summed E-state index contributed by atoms with van der Waals surface area (Å²) in [5.74, 6) is 0.815. The number of nitrogens with zero attached hydrogens (tertiary/aromatic N) is 1. The Morgan fingerprint density at radius 3 is 2.46 bits per heavy atom. The van der Waals surface area contributed by atoms with E-state index in [-0.39, 0.29) is 6.61 Å². The van der Waals surface area contributed by atoms with Crippen LogP contribution >= 0.6 is 0 Å². The highest BCUT2D eigenvalue weighted by Crippen LogP contribution is 2.30. The van der Waals surface area contributed by atoms with E-state index in [4.69, 9.17) is 4.74 Å². The molecule has 2 N–H and O–H groups in total. The lowest BCUT2D eigenvalue weighted by Gasteiger charge is -2.45. The third-order valence-corrected chi connectivity index (χ3v) is 6.37. The van der Waals surface area contributed by atoms with Gasteiger partial charge in [-0.05, 0) is 62.8 Å². The smallest absolute Gasteiger partial charge is 0.137 e. The number of hydrogen-bond donors (Lipinski definition) is 2. The van der Waals surface area contributed by atoms with Crippen LogP contribution in [-0.2, 0) is 0 Å². The Bertz CT molecular complexity index is 610. The van der Waals surface area contributed by atoms with Gasteiger partial charge in [-0.3, -0.25) is 4.90 Å². The fourth-order valence-corrected chi connectivity index (χ4v) is 4.52. The molecule has 1 aromatic rings. The largest absolute Gasteiger partial charge is 0.490 e. The quantitative estimate of drug-likeness (QED) is 0.806. The molecule has 0 radical (unpaired) electrons. The lowest BCUT2D eigenvalue weighted by Crippen LogP contribution is -2.61. The number of piperidine rings is 1. The maximum Gasteiger partial charge on any atom is 0.137 e. The first-order valence-corrected chi connectivity index (χ1v) is 10.2. The molecule has 0 amide bonds. The molecule has 0 bridgehead atoms. The molecule has 4 heteroatoms. The lowest BCUT2D eigenvalue weighted by molar-refractivity contribution is -0.146. The summed E-state index contributed by atoms with van der Waals surface area (Å²) in [7, 11) is 0. The van der Waals surface area contributed by atoms with E-state index in [0.29, 0.717) is 19.0 Å². The average molecular weight is 362 g/mol. The molecule has 146 valence electrons. The van der Waals surface area contributed by atoms with Crippen LogP contribution in [0.3, 0.4) is 0 Å². The minimum atomic E-state index is -1.20. The van der Waals surface area contributed by atoms with E-state index < -0.39 is 11.7 Å². The van der Waals surface area contributed by atoms with E-state index in [1.807, 2.05) is 13.0 Å². The van der Waals surface area contributed by atoms with Gasteiger partial charge in [0.1, 0.15) is 18.0 Å². The second-order valence-corrected chi connectivity index (χ2v) is 8.52. The first-order chi connectivity index (χ1) is 12.4. The SMILES string of the molecule is Cc1cc(C)c(C)c(OC[C@@]2(O)CN(C3CCCCCC3)CC[C@@H]2O)c1. The number of rotatable bonds is 4. The van der Waals surface area contributed by atoms with Gasteiger partial charge in [-0.1, -0.05) is 31.7 Å². The summed E-state index contributed by atoms with van der Waals surface area (Å²) in [6, 6.07) is 4.70. The van der Waals surface area contributed by atoms with Gasteiger partial charge in [0.25, 0.3) is 0 Å². The summed E-state index contributed by atoms with van der Waals surface area (Å²) in [5, 5.41) is 21.7. The van der Waals surface area contributed by atoms with Gasteiger partial charge in [0.2, 0.25) is 0 Å². The Morgan fingerprint density at radius 2 is 1.77 bits per heavy atom. The number of benzene rings is 1. The molecule has 1 heterocycles. The lowest BCUT2D eigenvalue weighted by atomic mass is 9.88. The van der Waals surface area contributed by atoms with Crippen molar-refractivity contribution in [3.05, 3.63) is 28.8 Å². The van der Waals surface area contributed by atoms with Gasteiger partial charge in [-0.15, -0.1) is 0 Å². The van der Waals surface area contributed by atoms with E-state index in [2.05, 4.69) is 24.8 Å². The van der Waals surface area contributed by atoms with Crippen molar-refractivity contribution >= 4 is 0 Å². The number of aliphatic hydroxyl groups excluding tert-OH is 1. The van der Waals surface area contributed by atoms with Crippen LogP contribution in [0.4, 0.5) is 0 Å². The van der Waals surface area contributed by atoms with Crippen molar-refractivity contribution < 1.29 is 14.9 Å². The zero-order valence-corrected chi connectivity index (χ0v) is 16.6. The summed E-state index contributed by atoms with van der Waals surface area (Å²) < 4.78 is 6.04. The molecule has 1 saturated carbocycles. The van der Waals surface area contributed by atoms with Crippen LogP contribution in [0.1, 0.15) is 61.6 Å². The number of aliphatic hydroxyl groups is 2. The van der Waals surface area contributed by atoms with Gasteiger partial charge in [0, 0.05) is 19.1 Å². The predicted molar refractivity (Wildman–Crippen MR) is 105 cm³/mol. The van der Waals surface area contributed by atoms with Crippen molar-refractivity contribution in [2.45, 2.75) is 83.5 Å². The van der Waals surface area contributed by atoms with E-state index in [1.165, 1.54) is 44.1 Å². The maximum atomic E-state index is 11.2. The molecular formula is C22H35NO3. The summed E-state index contributed by atoms with van der Waals surface area (Å²) in [4.78, 5) is 2.40. The Labute approximate surface area is 158 Å². The molecule has 26 heavy (non-hydrogen) atoms. The second kappa shape index (κ2) is 8.28. The van der Waals surface area contributed by atoms with Crippen molar-refractivity contribution in [3.63, 3.8) is 0 Å². The Morgan fingerprint density at radius 1 is 1.08 bits per heavy atom. The third-order valence-electron chi connectivity index (χ3n) is 6.37. The molecule has 1 aliphatic carbocycles. The molecule has 2 fully saturated rings. The van der Waals surface area contributed by atoms with Crippen LogP contribution in [-0.4, -0.2) is 52.6 Å². The molecule has 1 saturated heterocycles. The standard InChI is InChI=1S/C22H35NO3/c1-16-12-17(2)18(3)20(13-16)26-15-22(25)14-23(11-10-21(22)24)19-8-6-4-5-7-9-19/h12-13,19,21,24-25H,4-11,14-15H2,1-3H3/t21-,22-/m0/s1. The van der Waals surface area contributed by atoms with Gasteiger partial charge in [-0.2, -0.15) is 0 Å². The molecular weight excluding hydrogens is 326 g/mol. The average Bonchev–Trinajstić information content (AvgIpc) is 2.89. The Balaban J connectivity index is 1.68. The first kappa shape index (κ1) is 19.7.